The quantitative estimate of drug-likeness (QED) is 0.215. The summed E-state index contributed by atoms with van der Waals surface area (Å²) in [5, 5.41) is 1.67. The van der Waals surface area contributed by atoms with Crippen LogP contribution >= 0.6 is 15.9 Å². The van der Waals surface area contributed by atoms with E-state index in [0.29, 0.717) is 16.8 Å². The van der Waals surface area contributed by atoms with Gasteiger partial charge in [-0.2, -0.15) is 0 Å². The Morgan fingerprint density at radius 3 is 1.95 bits per heavy atom. The van der Waals surface area contributed by atoms with Crippen molar-refractivity contribution in [2.45, 2.75) is 57.8 Å². The number of unbranched alkanes of at least 4 members (excludes halogenated alkanes) is 2. The molecule has 4 aromatic carbocycles. The van der Waals surface area contributed by atoms with Crippen molar-refractivity contribution in [2.75, 3.05) is 4.90 Å². The third kappa shape index (κ3) is 3.53. The lowest BCUT2D eigenvalue weighted by Gasteiger charge is -2.34. The smallest absolute Gasteiger partial charge is 0.265 e. The van der Waals surface area contributed by atoms with E-state index in [0.717, 1.165) is 53.8 Å². The van der Waals surface area contributed by atoms with Crippen LogP contribution in [-0.2, 0) is 5.41 Å². The second kappa shape index (κ2) is 9.25. The van der Waals surface area contributed by atoms with Crippen LogP contribution in [0.5, 0.6) is 0 Å². The lowest BCUT2D eigenvalue weighted by atomic mass is 9.71. The average molecular weight is 553 g/mol. The van der Waals surface area contributed by atoms with Crippen LogP contribution in [0.1, 0.15) is 84.2 Å². The minimum absolute atomic E-state index is 0.129. The van der Waals surface area contributed by atoms with E-state index < -0.39 is 0 Å². The second-order valence-corrected chi connectivity index (χ2v) is 11.2. The topological polar surface area (TPSA) is 37.4 Å². The number of benzene rings is 4. The summed E-state index contributed by atoms with van der Waals surface area (Å²) < 4.78 is 0.931. The number of imide groups is 1. The molecule has 0 fully saturated rings. The molecule has 4 aromatic rings. The van der Waals surface area contributed by atoms with Crippen molar-refractivity contribution in [3.05, 3.63) is 99.5 Å². The molecule has 3 nitrogen and oxygen atoms in total. The monoisotopic (exact) mass is 551 g/mol. The van der Waals surface area contributed by atoms with Gasteiger partial charge >= 0.3 is 0 Å². The number of hydrogen-bond acceptors (Lipinski definition) is 2. The third-order valence-corrected chi connectivity index (χ3v) is 8.87. The van der Waals surface area contributed by atoms with Crippen LogP contribution in [0.2, 0.25) is 0 Å². The van der Waals surface area contributed by atoms with Gasteiger partial charge in [0.1, 0.15) is 0 Å². The number of fused-ring (bicyclic) bond motifs is 3. The van der Waals surface area contributed by atoms with Crippen LogP contribution in [0.4, 0.5) is 5.69 Å². The minimum atomic E-state index is -0.260. The highest BCUT2D eigenvalue weighted by atomic mass is 79.9. The van der Waals surface area contributed by atoms with Crippen molar-refractivity contribution >= 4 is 44.2 Å². The van der Waals surface area contributed by atoms with Crippen LogP contribution in [-0.4, -0.2) is 11.8 Å². The summed E-state index contributed by atoms with van der Waals surface area (Å²) in [5.41, 5.74) is 6.73. The van der Waals surface area contributed by atoms with Gasteiger partial charge in [-0.1, -0.05) is 104 Å². The fraction of sp³-hybridized carbons (Fsp3) is 0.273. The molecule has 0 saturated carbocycles. The van der Waals surface area contributed by atoms with Crippen molar-refractivity contribution in [1.29, 1.82) is 0 Å². The molecule has 0 unspecified atom stereocenters. The Kier molecular flexibility index (Phi) is 6.03. The molecule has 1 aliphatic heterocycles. The number of halogens is 1. The van der Waals surface area contributed by atoms with E-state index in [1.165, 1.54) is 27.2 Å². The first-order valence-corrected chi connectivity index (χ1v) is 14.2. The van der Waals surface area contributed by atoms with E-state index in [-0.39, 0.29) is 17.2 Å². The molecular weight excluding hydrogens is 522 g/mol. The van der Waals surface area contributed by atoms with Crippen LogP contribution in [0.3, 0.4) is 0 Å². The summed E-state index contributed by atoms with van der Waals surface area (Å²) in [5.74, 6) is -0.520. The first kappa shape index (κ1) is 24.1. The maximum Gasteiger partial charge on any atom is 0.265 e. The van der Waals surface area contributed by atoms with Crippen molar-refractivity contribution in [1.82, 2.24) is 0 Å². The molecule has 0 atom stereocenters. The van der Waals surface area contributed by atoms with Crippen LogP contribution in [0, 0.1) is 0 Å². The number of rotatable bonds is 7. The van der Waals surface area contributed by atoms with Gasteiger partial charge in [0, 0.05) is 32.0 Å². The van der Waals surface area contributed by atoms with Gasteiger partial charge in [-0.3, -0.25) is 9.59 Å². The minimum Gasteiger partial charge on any atom is -0.268 e. The number of nitrogens with zero attached hydrogens (tertiary/aromatic N) is 1. The standard InChI is InChI=1S/C33H30BrNO2/c1-3-5-17-33(18-6-4-2)26-16-8-7-13-23(26)30-27(33)19-22(20-28(30)34)35-31(36)24-14-9-11-21-12-10-15-25(29(21)24)32(35)37/h7-16,19-20H,3-6,17-18H2,1-2H3. The van der Waals surface area contributed by atoms with Gasteiger partial charge < -0.3 is 0 Å². The molecule has 0 aromatic heterocycles. The summed E-state index contributed by atoms with van der Waals surface area (Å²) in [6, 6.07) is 24.2. The largest absolute Gasteiger partial charge is 0.268 e. The Balaban J connectivity index is 1.56. The van der Waals surface area contributed by atoms with Crippen LogP contribution < -0.4 is 4.90 Å². The molecule has 2 amide bonds. The lowest BCUT2D eigenvalue weighted by Crippen LogP contribution is -2.40. The lowest BCUT2D eigenvalue weighted by molar-refractivity contribution is 0.0893. The van der Waals surface area contributed by atoms with Gasteiger partial charge in [0.2, 0.25) is 0 Å². The zero-order chi connectivity index (χ0) is 25.7. The second-order valence-electron chi connectivity index (χ2n) is 10.3. The highest BCUT2D eigenvalue weighted by molar-refractivity contribution is 9.10. The maximum atomic E-state index is 13.8. The number of carbonyl (C=O) groups excluding carboxylic acids is 2. The van der Waals surface area contributed by atoms with E-state index in [9.17, 15) is 9.59 Å². The Morgan fingerprint density at radius 2 is 1.32 bits per heavy atom. The molecule has 4 heteroatoms. The Labute approximate surface area is 226 Å². The first-order valence-electron chi connectivity index (χ1n) is 13.4. The fourth-order valence-corrected chi connectivity index (χ4v) is 7.18. The molecule has 1 heterocycles. The van der Waals surface area contributed by atoms with E-state index in [4.69, 9.17) is 0 Å². The molecule has 186 valence electrons. The Hall–Kier alpha value is -3.24. The number of amides is 2. The molecular formula is C33H30BrNO2. The molecule has 0 N–H and O–H groups in total. The normalized spacial score (nSPS) is 15.3. The van der Waals surface area contributed by atoms with Crippen molar-refractivity contribution in [3.63, 3.8) is 0 Å². The molecule has 1 aliphatic carbocycles. The predicted molar refractivity (Wildman–Crippen MR) is 154 cm³/mol. The molecule has 37 heavy (non-hydrogen) atoms. The van der Waals surface area contributed by atoms with Crippen molar-refractivity contribution < 1.29 is 9.59 Å². The highest BCUT2D eigenvalue weighted by Crippen LogP contribution is 2.57. The fourth-order valence-electron chi connectivity index (χ4n) is 6.52. The molecule has 6 rings (SSSR count). The van der Waals surface area contributed by atoms with Crippen molar-refractivity contribution in [2.24, 2.45) is 0 Å². The van der Waals surface area contributed by atoms with Gasteiger partial charge in [0.15, 0.2) is 0 Å². The zero-order valence-electron chi connectivity index (χ0n) is 21.3. The van der Waals surface area contributed by atoms with Gasteiger partial charge in [-0.25, -0.2) is 4.90 Å². The molecule has 2 aliphatic rings. The third-order valence-electron chi connectivity index (χ3n) is 8.25. The summed E-state index contributed by atoms with van der Waals surface area (Å²) in [6.07, 6.45) is 6.58. The summed E-state index contributed by atoms with van der Waals surface area (Å²) in [4.78, 5) is 29.1. The number of anilines is 1. The van der Waals surface area contributed by atoms with E-state index >= 15 is 0 Å². The van der Waals surface area contributed by atoms with E-state index in [2.05, 4.69) is 60.1 Å². The summed E-state index contributed by atoms with van der Waals surface area (Å²) in [7, 11) is 0. The highest BCUT2D eigenvalue weighted by Gasteiger charge is 2.44. The SMILES string of the molecule is CCCCC1(CCCC)c2ccccc2-c2c(Br)cc(N3C(=O)c4cccc5cccc(c45)C3=O)cc21. The van der Waals surface area contributed by atoms with E-state index in [1.54, 1.807) is 0 Å². The van der Waals surface area contributed by atoms with E-state index in [1.807, 2.05) is 42.5 Å². The Bertz CT molecular complexity index is 1510. The predicted octanol–water partition coefficient (Wildman–Crippen LogP) is 9.05. The van der Waals surface area contributed by atoms with Gasteiger partial charge in [-0.05, 0) is 59.2 Å². The van der Waals surface area contributed by atoms with Gasteiger partial charge in [0.25, 0.3) is 11.8 Å². The van der Waals surface area contributed by atoms with Gasteiger partial charge in [-0.15, -0.1) is 0 Å². The van der Waals surface area contributed by atoms with Crippen LogP contribution in [0.15, 0.2) is 77.3 Å². The zero-order valence-corrected chi connectivity index (χ0v) is 22.9. The summed E-state index contributed by atoms with van der Waals surface area (Å²) >= 11 is 3.87. The number of carbonyl (C=O) groups is 2. The van der Waals surface area contributed by atoms with Gasteiger partial charge in [0.05, 0.1) is 5.69 Å². The van der Waals surface area contributed by atoms with Crippen LogP contribution in [0.25, 0.3) is 21.9 Å². The molecule has 0 saturated heterocycles. The molecule has 0 radical (unpaired) electrons. The average Bonchev–Trinajstić information content (AvgIpc) is 3.19. The Morgan fingerprint density at radius 1 is 0.730 bits per heavy atom. The molecule has 0 bridgehead atoms. The summed E-state index contributed by atoms with van der Waals surface area (Å²) in [6.45, 7) is 4.48. The maximum absolute atomic E-state index is 13.8. The number of hydrogen-bond donors (Lipinski definition) is 0. The molecule has 0 spiro atoms. The van der Waals surface area contributed by atoms with Crippen molar-refractivity contribution in [3.8, 4) is 11.1 Å². The first-order chi connectivity index (χ1) is 18.0.